The summed E-state index contributed by atoms with van der Waals surface area (Å²) in [6.07, 6.45) is 6.33. The Bertz CT molecular complexity index is 257. The van der Waals surface area contributed by atoms with Crippen molar-refractivity contribution in [3.63, 3.8) is 0 Å². The molecule has 0 saturated heterocycles. The Morgan fingerprint density at radius 1 is 1.38 bits per heavy atom. The number of carbonyl (C=O) groups excluding carboxylic acids is 1. The van der Waals surface area contributed by atoms with Crippen LogP contribution >= 0.6 is 0 Å². The predicted molar refractivity (Wildman–Crippen MR) is 65.2 cm³/mol. The predicted octanol–water partition coefficient (Wildman–Crippen LogP) is 1.78. The van der Waals surface area contributed by atoms with Gasteiger partial charge in [0.25, 0.3) is 0 Å². The molecule has 2 aliphatic rings. The van der Waals surface area contributed by atoms with Gasteiger partial charge in [-0.15, -0.1) is 0 Å². The molecule has 0 aromatic heterocycles. The number of likely N-dealkylation sites (N-methyl/N-ethyl adjacent to an activating group) is 1. The number of amides is 1. The molecule has 2 rings (SSSR count). The Hall–Kier alpha value is -0.570. The molecule has 2 aliphatic carbocycles. The second-order valence-electron chi connectivity index (χ2n) is 5.37. The summed E-state index contributed by atoms with van der Waals surface area (Å²) in [6.45, 7) is 6.75. The van der Waals surface area contributed by atoms with E-state index in [4.69, 9.17) is 0 Å². The molecular weight excluding hydrogens is 200 g/mol. The maximum absolute atomic E-state index is 11.9. The molecule has 1 N–H and O–H groups in total. The lowest BCUT2D eigenvalue weighted by atomic mass is 10.0. The van der Waals surface area contributed by atoms with Crippen molar-refractivity contribution in [1.82, 2.24) is 10.2 Å². The monoisotopic (exact) mass is 224 g/mol. The van der Waals surface area contributed by atoms with Crippen LogP contribution in [0.2, 0.25) is 0 Å². The second-order valence-corrected chi connectivity index (χ2v) is 5.37. The van der Waals surface area contributed by atoms with Crippen molar-refractivity contribution in [1.29, 1.82) is 0 Å². The molecule has 3 nitrogen and oxygen atoms in total. The summed E-state index contributed by atoms with van der Waals surface area (Å²) in [5.74, 6) is 0.289. The lowest BCUT2D eigenvalue weighted by Crippen LogP contribution is -2.40. The van der Waals surface area contributed by atoms with Gasteiger partial charge >= 0.3 is 0 Å². The quantitative estimate of drug-likeness (QED) is 0.715. The van der Waals surface area contributed by atoms with Gasteiger partial charge in [0.1, 0.15) is 0 Å². The van der Waals surface area contributed by atoms with E-state index < -0.39 is 0 Å². The zero-order valence-electron chi connectivity index (χ0n) is 10.6. The summed E-state index contributed by atoms with van der Waals surface area (Å²) in [7, 11) is 0. The zero-order chi connectivity index (χ0) is 11.6. The number of rotatable bonds is 7. The molecular formula is C13H24N2O. The van der Waals surface area contributed by atoms with Crippen LogP contribution < -0.4 is 5.32 Å². The van der Waals surface area contributed by atoms with E-state index in [2.05, 4.69) is 19.2 Å². The molecule has 0 aromatic carbocycles. The van der Waals surface area contributed by atoms with Crippen molar-refractivity contribution >= 4 is 5.91 Å². The molecule has 0 spiro atoms. The highest BCUT2D eigenvalue weighted by Gasteiger charge is 2.40. The van der Waals surface area contributed by atoms with E-state index >= 15 is 0 Å². The standard InChI is InChI=1S/C13H24N2O/c1-3-13(7-8-13)10-14-9-12(16)15(4-2)11-5-6-11/h11,14H,3-10H2,1-2H3. The molecule has 0 aliphatic heterocycles. The summed E-state index contributed by atoms with van der Waals surface area (Å²) in [6, 6.07) is 0.556. The minimum Gasteiger partial charge on any atom is -0.339 e. The van der Waals surface area contributed by atoms with Gasteiger partial charge < -0.3 is 10.2 Å². The van der Waals surface area contributed by atoms with Crippen LogP contribution in [0.5, 0.6) is 0 Å². The largest absolute Gasteiger partial charge is 0.339 e. The molecule has 0 atom stereocenters. The highest BCUT2D eigenvalue weighted by atomic mass is 16.2. The molecule has 0 aromatic rings. The molecule has 0 bridgehead atoms. The fourth-order valence-corrected chi connectivity index (χ4v) is 2.39. The normalized spacial score (nSPS) is 21.9. The van der Waals surface area contributed by atoms with Gasteiger partial charge in [0, 0.05) is 19.1 Å². The molecule has 92 valence electrons. The average molecular weight is 224 g/mol. The lowest BCUT2D eigenvalue weighted by Gasteiger charge is -2.21. The van der Waals surface area contributed by atoms with Crippen LogP contribution in [0.25, 0.3) is 0 Å². The summed E-state index contributed by atoms with van der Waals surface area (Å²) in [5, 5.41) is 3.35. The van der Waals surface area contributed by atoms with E-state index in [1.165, 1.54) is 32.1 Å². The number of hydrogen-bond donors (Lipinski definition) is 1. The topological polar surface area (TPSA) is 32.3 Å². The zero-order valence-corrected chi connectivity index (χ0v) is 10.6. The molecule has 1 amide bonds. The van der Waals surface area contributed by atoms with Crippen LogP contribution in [0.3, 0.4) is 0 Å². The Morgan fingerprint density at radius 2 is 2.06 bits per heavy atom. The summed E-state index contributed by atoms with van der Waals surface area (Å²) in [5.41, 5.74) is 0.539. The van der Waals surface area contributed by atoms with Crippen LogP contribution in [0, 0.1) is 5.41 Å². The summed E-state index contributed by atoms with van der Waals surface area (Å²) < 4.78 is 0. The van der Waals surface area contributed by atoms with Gasteiger partial charge in [0.2, 0.25) is 5.91 Å². The van der Waals surface area contributed by atoms with E-state index in [9.17, 15) is 4.79 Å². The molecule has 0 heterocycles. The molecule has 0 radical (unpaired) electrons. The van der Waals surface area contributed by atoms with Crippen LogP contribution in [-0.4, -0.2) is 36.5 Å². The Morgan fingerprint density at radius 3 is 2.50 bits per heavy atom. The molecule has 16 heavy (non-hydrogen) atoms. The SMILES string of the molecule is CCN(C(=O)CNCC1(CC)CC1)C1CC1. The van der Waals surface area contributed by atoms with Crippen molar-refractivity contribution in [2.45, 2.75) is 52.0 Å². The van der Waals surface area contributed by atoms with Crippen LogP contribution in [0.15, 0.2) is 0 Å². The van der Waals surface area contributed by atoms with E-state index in [-0.39, 0.29) is 5.91 Å². The van der Waals surface area contributed by atoms with Crippen LogP contribution in [0.4, 0.5) is 0 Å². The highest BCUT2D eigenvalue weighted by molar-refractivity contribution is 5.78. The van der Waals surface area contributed by atoms with E-state index in [0.717, 1.165) is 13.1 Å². The van der Waals surface area contributed by atoms with Crippen molar-refractivity contribution in [2.24, 2.45) is 5.41 Å². The van der Waals surface area contributed by atoms with Gasteiger partial charge in [-0.3, -0.25) is 4.79 Å². The molecule has 2 saturated carbocycles. The first-order valence-electron chi connectivity index (χ1n) is 6.71. The maximum atomic E-state index is 11.9. The van der Waals surface area contributed by atoms with Crippen molar-refractivity contribution in [3.05, 3.63) is 0 Å². The third-order valence-corrected chi connectivity index (χ3v) is 4.13. The maximum Gasteiger partial charge on any atom is 0.236 e. The van der Waals surface area contributed by atoms with Crippen LogP contribution in [-0.2, 0) is 4.79 Å². The van der Waals surface area contributed by atoms with Gasteiger partial charge in [-0.1, -0.05) is 6.92 Å². The highest BCUT2D eigenvalue weighted by Crippen LogP contribution is 2.47. The van der Waals surface area contributed by atoms with E-state index in [1.54, 1.807) is 0 Å². The van der Waals surface area contributed by atoms with Crippen molar-refractivity contribution in [2.75, 3.05) is 19.6 Å². The first kappa shape index (κ1) is 11.9. The van der Waals surface area contributed by atoms with Gasteiger partial charge in [-0.05, 0) is 44.4 Å². The van der Waals surface area contributed by atoms with Gasteiger partial charge in [0.15, 0.2) is 0 Å². The van der Waals surface area contributed by atoms with Gasteiger partial charge in [-0.2, -0.15) is 0 Å². The Kier molecular flexibility index (Phi) is 3.53. The van der Waals surface area contributed by atoms with Crippen LogP contribution in [0.1, 0.15) is 46.0 Å². The van der Waals surface area contributed by atoms with Crippen molar-refractivity contribution < 1.29 is 4.79 Å². The fraction of sp³-hybridized carbons (Fsp3) is 0.923. The third kappa shape index (κ3) is 2.76. The lowest BCUT2D eigenvalue weighted by molar-refractivity contribution is -0.130. The fourth-order valence-electron chi connectivity index (χ4n) is 2.39. The first-order valence-corrected chi connectivity index (χ1v) is 6.71. The average Bonchev–Trinajstić information content (AvgIpc) is 3.14. The summed E-state index contributed by atoms with van der Waals surface area (Å²) in [4.78, 5) is 13.9. The number of carbonyl (C=O) groups is 1. The minimum atomic E-state index is 0.289. The molecule has 3 heteroatoms. The first-order chi connectivity index (χ1) is 7.71. The van der Waals surface area contributed by atoms with E-state index in [0.29, 0.717) is 18.0 Å². The second kappa shape index (κ2) is 4.74. The van der Waals surface area contributed by atoms with Gasteiger partial charge in [-0.25, -0.2) is 0 Å². The minimum absolute atomic E-state index is 0.289. The Balaban J connectivity index is 1.66. The number of hydrogen-bond acceptors (Lipinski definition) is 2. The smallest absolute Gasteiger partial charge is 0.236 e. The van der Waals surface area contributed by atoms with Crippen molar-refractivity contribution in [3.8, 4) is 0 Å². The summed E-state index contributed by atoms with van der Waals surface area (Å²) >= 11 is 0. The van der Waals surface area contributed by atoms with E-state index in [1.807, 2.05) is 4.90 Å². The Labute approximate surface area is 98.6 Å². The van der Waals surface area contributed by atoms with Gasteiger partial charge in [0.05, 0.1) is 6.54 Å². The third-order valence-electron chi connectivity index (χ3n) is 4.13. The molecule has 2 fully saturated rings. The molecule has 0 unspecified atom stereocenters. The number of nitrogens with zero attached hydrogens (tertiary/aromatic N) is 1. The number of nitrogens with one attached hydrogen (secondary N) is 1.